The second-order valence-electron chi connectivity index (χ2n) is 10.8. The van der Waals surface area contributed by atoms with Crippen LogP contribution in [0.4, 0.5) is 0 Å². The monoisotopic (exact) mass is 376 g/mol. The van der Waals surface area contributed by atoms with E-state index in [4.69, 9.17) is 4.74 Å². The summed E-state index contributed by atoms with van der Waals surface area (Å²) in [7, 11) is 1.67. The minimum Gasteiger partial charge on any atom is -0.390 e. The summed E-state index contributed by atoms with van der Waals surface area (Å²) >= 11 is 0. The van der Waals surface area contributed by atoms with Gasteiger partial charge in [0.2, 0.25) is 0 Å². The lowest BCUT2D eigenvalue weighted by Gasteiger charge is -2.60. The van der Waals surface area contributed by atoms with Crippen molar-refractivity contribution in [2.75, 3.05) is 7.11 Å². The first-order valence-corrected chi connectivity index (χ1v) is 10.9. The molecule has 0 spiro atoms. The molecule has 152 valence electrons. The first-order chi connectivity index (χ1) is 12.6. The van der Waals surface area contributed by atoms with Crippen molar-refractivity contribution in [3.8, 4) is 0 Å². The second kappa shape index (κ2) is 6.38. The number of ether oxygens (including phenoxy) is 1. The van der Waals surface area contributed by atoms with Gasteiger partial charge in [-0.15, -0.1) is 0 Å². The average molecular weight is 377 g/mol. The Hall–Kier alpha value is -0.740. The molecule has 0 amide bonds. The molecule has 0 radical (unpaired) electrons. The number of rotatable bonds is 2. The van der Waals surface area contributed by atoms with Crippen molar-refractivity contribution >= 4 is 11.6 Å². The van der Waals surface area contributed by atoms with E-state index < -0.39 is 6.10 Å². The van der Waals surface area contributed by atoms with E-state index in [9.17, 15) is 14.7 Å². The molecule has 0 aromatic rings. The minimum absolute atomic E-state index is 0.0258. The molecule has 27 heavy (non-hydrogen) atoms. The van der Waals surface area contributed by atoms with Crippen molar-refractivity contribution in [2.45, 2.75) is 78.4 Å². The minimum atomic E-state index is -0.415. The highest BCUT2D eigenvalue weighted by Gasteiger charge is 2.65. The van der Waals surface area contributed by atoms with Crippen molar-refractivity contribution in [1.82, 2.24) is 0 Å². The van der Waals surface area contributed by atoms with Gasteiger partial charge in [0, 0.05) is 25.4 Å². The van der Waals surface area contributed by atoms with Crippen LogP contribution in [0.2, 0.25) is 0 Å². The van der Waals surface area contributed by atoms with Crippen molar-refractivity contribution in [3.05, 3.63) is 0 Å². The molecule has 4 saturated carbocycles. The van der Waals surface area contributed by atoms with Crippen LogP contribution in [0.1, 0.15) is 66.2 Å². The van der Waals surface area contributed by atoms with Crippen molar-refractivity contribution in [2.24, 2.45) is 46.3 Å². The number of aliphatic hydroxyl groups is 1. The van der Waals surface area contributed by atoms with Crippen LogP contribution in [0.3, 0.4) is 0 Å². The number of aliphatic hydroxyl groups excluding tert-OH is 1. The molecule has 0 aromatic carbocycles. The van der Waals surface area contributed by atoms with Crippen LogP contribution < -0.4 is 0 Å². The van der Waals surface area contributed by atoms with E-state index in [1.165, 1.54) is 0 Å². The molecule has 10 atom stereocenters. The molecule has 4 nitrogen and oxygen atoms in total. The zero-order valence-corrected chi connectivity index (χ0v) is 17.5. The zero-order valence-electron chi connectivity index (χ0n) is 17.5. The number of ketones is 2. The summed E-state index contributed by atoms with van der Waals surface area (Å²) in [6, 6.07) is 0. The molecular formula is C23H36O4. The Labute approximate surface area is 163 Å². The fraction of sp³-hybridized carbons (Fsp3) is 0.913. The smallest absolute Gasteiger partial charge is 0.137 e. The van der Waals surface area contributed by atoms with E-state index in [1.807, 2.05) is 0 Å². The lowest BCUT2D eigenvalue weighted by Crippen LogP contribution is -2.60. The normalized spacial score (nSPS) is 54.8. The van der Waals surface area contributed by atoms with Gasteiger partial charge in [0.1, 0.15) is 11.6 Å². The zero-order chi connectivity index (χ0) is 19.7. The Morgan fingerprint density at radius 1 is 1.19 bits per heavy atom. The van der Waals surface area contributed by atoms with Gasteiger partial charge in [0.15, 0.2) is 0 Å². The van der Waals surface area contributed by atoms with Gasteiger partial charge in [0.25, 0.3) is 0 Å². The Morgan fingerprint density at radius 3 is 2.52 bits per heavy atom. The SMILES string of the molecule is CO[C@H]1C[C@@]2(C)[C@@H](CC[C@H]3[C@@H]4C[C@H](C)[C@H](C(C)=O)[C@@]4(C)CC(=O)[C@@H]32)C[C@@H]1O. The predicted octanol–water partition coefficient (Wildman–Crippen LogP) is 3.65. The van der Waals surface area contributed by atoms with Crippen LogP contribution in [0.25, 0.3) is 0 Å². The summed E-state index contributed by atoms with van der Waals surface area (Å²) in [4.78, 5) is 26.0. The van der Waals surface area contributed by atoms with E-state index in [2.05, 4.69) is 20.8 Å². The molecule has 0 aromatic heterocycles. The van der Waals surface area contributed by atoms with Gasteiger partial charge in [-0.25, -0.2) is 0 Å². The number of hydrogen-bond acceptors (Lipinski definition) is 4. The average Bonchev–Trinajstić information content (AvgIpc) is 2.84. The standard InChI is InChI=1S/C23H36O4/c1-12-8-16-15-7-6-14-9-17(25)19(27-5)11-22(14,3)21(15)18(26)10-23(16,4)20(12)13(2)24/h12,14-17,19-21,25H,6-11H2,1-5H3/t12-,14-,15-,16-,17-,19-,20+,21+,22-,23-/m0/s1. The lowest BCUT2D eigenvalue weighted by molar-refractivity contribution is -0.176. The summed E-state index contributed by atoms with van der Waals surface area (Å²) in [6.45, 7) is 8.43. The third-order valence-corrected chi connectivity index (χ3v) is 9.43. The van der Waals surface area contributed by atoms with E-state index in [0.29, 0.717) is 35.9 Å². The van der Waals surface area contributed by atoms with Crippen LogP contribution in [0, 0.1) is 46.3 Å². The van der Waals surface area contributed by atoms with Crippen molar-refractivity contribution in [3.63, 3.8) is 0 Å². The summed E-state index contributed by atoms with van der Waals surface area (Å²) in [5.74, 6) is 2.35. The molecule has 0 saturated heterocycles. The Bertz CT molecular complexity index is 644. The van der Waals surface area contributed by atoms with Crippen LogP contribution in [-0.2, 0) is 14.3 Å². The quantitative estimate of drug-likeness (QED) is 0.799. The van der Waals surface area contributed by atoms with Gasteiger partial charge < -0.3 is 9.84 Å². The van der Waals surface area contributed by atoms with E-state index in [-0.39, 0.29) is 34.6 Å². The molecule has 1 N–H and O–H groups in total. The van der Waals surface area contributed by atoms with Gasteiger partial charge in [-0.1, -0.05) is 20.8 Å². The van der Waals surface area contributed by atoms with Crippen molar-refractivity contribution < 1.29 is 19.4 Å². The molecule has 4 aliphatic carbocycles. The molecule has 4 aliphatic rings. The number of carbonyl (C=O) groups is 2. The molecule has 4 rings (SSSR count). The molecule has 0 heterocycles. The van der Waals surface area contributed by atoms with Gasteiger partial charge >= 0.3 is 0 Å². The maximum absolute atomic E-state index is 13.6. The van der Waals surface area contributed by atoms with Crippen LogP contribution in [-0.4, -0.2) is 36.0 Å². The number of hydrogen-bond donors (Lipinski definition) is 1. The summed E-state index contributed by atoms with van der Waals surface area (Å²) < 4.78 is 5.60. The predicted molar refractivity (Wildman–Crippen MR) is 103 cm³/mol. The molecule has 0 unspecified atom stereocenters. The summed E-state index contributed by atoms with van der Waals surface area (Å²) in [5, 5.41) is 10.5. The molecule has 4 heteroatoms. The van der Waals surface area contributed by atoms with Crippen molar-refractivity contribution in [1.29, 1.82) is 0 Å². The Balaban J connectivity index is 1.70. The second-order valence-corrected chi connectivity index (χ2v) is 10.8. The number of Topliss-reactive ketones (excluding diaryl/α,β-unsaturated/α-hetero) is 2. The molecule has 0 aliphatic heterocycles. The highest BCUT2D eigenvalue weighted by molar-refractivity contribution is 5.87. The third-order valence-electron chi connectivity index (χ3n) is 9.43. The van der Waals surface area contributed by atoms with E-state index in [1.54, 1.807) is 14.0 Å². The first-order valence-electron chi connectivity index (χ1n) is 10.9. The molecule has 0 bridgehead atoms. The topological polar surface area (TPSA) is 63.6 Å². The first kappa shape index (κ1) is 19.6. The Kier molecular flexibility index (Phi) is 4.63. The summed E-state index contributed by atoms with van der Waals surface area (Å²) in [6.07, 6.45) is 4.73. The Morgan fingerprint density at radius 2 is 1.89 bits per heavy atom. The van der Waals surface area contributed by atoms with E-state index in [0.717, 1.165) is 32.1 Å². The number of carbonyl (C=O) groups excluding carboxylic acids is 2. The van der Waals surface area contributed by atoms with Gasteiger partial charge in [-0.05, 0) is 73.5 Å². The van der Waals surface area contributed by atoms with Gasteiger partial charge in [0.05, 0.1) is 12.2 Å². The van der Waals surface area contributed by atoms with Gasteiger partial charge in [-0.3, -0.25) is 9.59 Å². The fourth-order valence-electron chi connectivity index (χ4n) is 8.55. The summed E-state index contributed by atoms with van der Waals surface area (Å²) in [5.41, 5.74) is -0.250. The molecule has 4 fully saturated rings. The van der Waals surface area contributed by atoms with E-state index >= 15 is 0 Å². The van der Waals surface area contributed by atoms with Crippen LogP contribution in [0.15, 0.2) is 0 Å². The maximum Gasteiger partial charge on any atom is 0.137 e. The fourth-order valence-corrected chi connectivity index (χ4v) is 8.55. The molecular weight excluding hydrogens is 340 g/mol. The maximum atomic E-state index is 13.6. The number of methoxy groups -OCH3 is 1. The highest BCUT2D eigenvalue weighted by Crippen LogP contribution is 2.67. The van der Waals surface area contributed by atoms with Gasteiger partial charge in [-0.2, -0.15) is 0 Å². The third kappa shape index (κ3) is 2.62. The largest absolute Gasteiger partial charge is 0.390 e. The van der Waals surface area contributed by atoms with Crippen LogP contribution >= 0.6 is 0 Å². The highest BCUT2D eigenvalue weighted by atomic mass is 16.5. The lowest BCUT2D eigenvalue weighted by atomic mass is 9.44. The van der Waals surface area contributed by atoms with Crippen LogP contribution in [0.5, 0.6) is 0 Å². The number of fused-ring (bicyclic) bond motifs is 5.